The van der Waals surface area contributed by atoms with Crippen LogP contribution in [0.4, 0.5) is 18.9 Å². The molecular formula is C14H17F3N2O4S. The molecule has 0 bridgehead atoms. The van der Waals surface area contributed by atoms with Gasteiger partial charge in [-0.05, 0) is 37.1 Å². The number of ether oxygens (including phenoxy) is 1. The van der Waals surface area contributed by atoms with E-state index in [4.69, 9.17) is 0 Å². The summed E-state index contributed by atoms with van der Waals surface area (Å²) in [6.07, 6.45) is -2.56. The van der Waals surface area contributed by atoms with Crippen LogP contribution in [-0.4, -0.2) is 44.3 Å². The molecule has 24 heavy (non-hydrogen) atoms. The van der Waals surface area contributed by atoms with Gasteiger partial charge in [-0.2, -0.15) is 0 Å². The van der Waals surface area contributed by atoms with Crippen molar-refractivity contribution < 1.29 is 31.1 Å². The Kier molecular flexibility index (Phi) is 5.38. The van der Waals surface area contributed by atoms with Crippen LogP contribution in [-0.2, 0) is 14.8 Å². The molecule has 1 heterocycles. The van der Waals surface area contributed by atoms with Crippen molar-refractivity contribution in [1.29, 1.82) is 0 Å². The Morgan fingerprint density at radius 2 is 1.92 bits per heavy atom. The van der Waals surface area contributed by atoms with Crippen molar-refractivity contribution >= 4 is 21.6 Å². The molecule has 0 radical (unpaired) electrons. The Bertz CT molecular complexity index is 689. The first kappa shape index (κ1) is 18.5. The largest absolute Gasteiger partial charge is 0.573 e. The number of benzene rings is 1. The quantitative estimate of drug-likeness (QED) is 0.886. The van der Waals surface area contributed by atoms with Gasteiger partial charge < -0.3 is 10.1 Å². The van der Waals surface area contributed by atoms with E-state index in [2.05, 4.69) is 10.1 Å². The molecule has 1 saturated heterocycles. The summed E-state index contributed by atoms with van der Waals surface area (Å²) >= 11 is 0. The summed E-state index contributed by atoms with van der Waals surface area (Å²) in [5.74, 6) is -1.26. The molecule has 1 amide bonds. The summed E-state index contributed by atoms with van der Waals surface area (Å²) in [7, 11) is -3.36. The second-order valence-corrected chi connectivity index (χ2v) is 7.50. The molecule has 0 unspecified atom stereocenters. The number of nitrogens with zero attached hydrogens (tertiary/aromatic N) is 1. The number of amides is 1. The molecule has 1 aromatic rings. The molecular weight excluding hydrogens is 349 g/mol. The average Bonchev–Trinajstić information content (AvgIpc) is 2.47. The molecule has 134 valence electrons. The molecule has 0 spiro atoms. The third kappa shape index (κ3) is 5.38. The van der Waals surface area contributed by atoms with Crippen molar-refractivity contribution in [2.45, 2.75) is 19.2 Å². The number of rotatable bonds is 4. The first-order valence-electron chi connectivity index (χ1n) is 7.16. The summed E-state index contributed by atoms with van der Waals surface area (Å²) in [6, 6.07) is 4.76. The number of sulfonamides is 1. The van der Waals surface area contributed by atoms with E-state index in [0.29, 0.717) is 25.1 Å². The molecule has 0 saturated carbocycles. The van der Waals surface area contributed by atoms with Crippen LogP contribution in [0.15, 0.2) is 24.3 Å². The monoisotopic (exact) mass is 366 g/mol. The van der Waals surface area contributed by atoms with E-state index in [-0.39, 0.29) is 18.2 Å². The number of anilines is 1. The fourth-order valence-electron chi connectivity index (χ4n) is 2.44. The van der Waals surface area contributed by atoms with Gasteiger partial charge in [0.15, 0.2) is 0 Å². The number of carbonyl (C=O) groups is 1. The van der Waals surface area contributed by atoms with Crippen molar-refractivity contribution in [3.8, 4) is 5.75 Å². The number of alkyl halides is 3. The zero-order valence-electron chi connectivity index (χ0n) is 12.8. The molecule has 1 atom stereocenters. The minimum absolute atomic E-state index is 0.0972. The van der Waals surface area contributed by atoms with Gasteiger partial charge in [-0.25, -0.2) is 12.7 Å². The third-order valence-corrected chi connectivity index (χ3v) is 4.85. The lowest BCUT2D eigenvalue weighted by Gasteiger charge is -2.30. The lowest BCUT2D eigenvalue weighted by Crippen LogP contribution is -2.43. The summed E-state index contributed by atoms with van der Waals surface area (Å²) in [5.41, 5.74) is 0.311. The lowest BCUT2D eigenvalue weighted by molar-refractivity contribution is -0.274. The van der Waals surface area contributed by atoms with Gasteiger partial charge in [-0.3, -0.25) is 4.79 Å². The predicted octanol–water partition coefficient (Wildman–Crippen LogP) is 2.20. The zero-order chi connectivity index (χ0) is 18.0. The number of halogens is 3. The highest BCUT2D eigenvalue weighted by atomic mass is 32.2. The van der Waals surface area contributed by atoms with E-state index in [1.807, 2.05) is 0 Å². The van der Waals surface area contributed by atoms with Crippen LogP contribution < -0.4 is 10.1 Å². The van der Waals surface area contributed by atoms with E-state index in [0.717, 1.165) is 18.4 Å². The van der Waals surface area contributed by atoms with Crippen molar-refractivity contribution in [3.05, 3.63) is 24.3 Å². The molecule has 1 N–H and O–H groups in total. The summed E-state index contributed by atoms with van der Waals surface area (Å²) < 4.78 is 64.3. The average molecular weight is 366 g/mol. The molecule has 0 aliphatic carbocycles. The highest BCUT2D eigenvalue weighted by Crippen LogP contribution is 2.25. The highest BCUT2D eigenvalue weighted by Gasteiger charge is 2.31. The van der Waals surface area contributed by atoms with Gasteiger partial charge in [-0.1, -0.05) is 0 Å². The Morgan fingerprint density at radius 1 is 1.29 bits per heavy atom. The molecule has 2 rings (SSSR count). The second-order valence-electron chi connectivity index (χ2n) is 5.52. The van der Waals surface area contributed by atoms with Gasteiger partial charge in [0.05, 0.1) is 12.2 Å². The molecule has 1 aliphatic heterocycles. The molecule has 10 heteroatoms. The van der Waals surface area contributed by atoms with Crippen LogP contribution in [0, 0.1) is 5.92 Å². The Morgan fingerprint density at radius 3 is 2.46 bits per heavy atom. The topological polar surface area (TPSA) is 75.7 Å². The normalized spacial score (nSPS) is 19.8. The molecule has 1 aromatic carbocycles. The van der Waals surface area contributed by atoms with E-state index < -0.39 is 22.3 Å². The first-order valence-corrected chi connectivity index (χ1v) is 9.01. The van der Waals surface area contributed by atoms with E-state index in [1.165, 1.54) is 16.4 Å². The summed E-state index contributed by atoms with van der Waals surface area (Å²) in [6.45, 7) is 0.478. The van der Waals surface area contributed by atoms with Crippen molar-refractivity contribution in [2.24, 2.45) is 5.92 Å². The minimum Gasteiger partial charge on any atom is -0.406 e. The molecule has 0 aromatic heterocycles. The third-order valence-electron chi connectivity index (χ3n) is 3.58. The highest BCUT2D eigenvalue weighted by molar-refractivity contribution is 7.88. The maximum absolute atomic E-state index is 12.2. The molecule has 1 aliphatic rings. The fraction of sp³-hybridized carbons (Fsp3) is 0.500. The standard InChI is InChI=1S/C14H17F3N2O4S/c1-24(21,22)19-8-2-3-10(9-19)13(20)18-11-4-6-12(7-5-11)23-14(15,16)17/h4-7,10H,2-3,8-9H2,1H3,(H,18,20)/t10-/m0/s1. The molecule has 6 nitrogen and oxygen atoms in total. The van der Waals surface area contributed by atoms with Crippen LogP contribution in [0.25, 0.3) is 0 Å². The van der Waals surface area contributed by atoms with E-state index in [1.54, 1.807) is 0 Å². The van der Waals surface area contributed by atoms with Crippen molar-refractivity contribution in [3.63, 3.8) is 0 Å². The SMILES string of the molecule is CS(=O)(=O)N1CCC[C@H](C(=O)Nc2ccc(OC(F)(F)F)cc2)C1. The second kappa shape index (κ2) is 6.98. The van der Waals surface area contributed by atoms with Crippen molar-refractivity contribution in [2.75, 3.05) is 24.7 Å². The number of hydrogen-bond acceptors (Lipinski definition) is 4. The number of nitrogens with one attached hydrogen (secondary N) is 1. The van der Waals surface area contributed by atoms with Crippen LogP contribution in [0.1, 0.15) is 12.8 Å². The van der Waals surface area contributed by atoms with Crippen LogP contribution in [0.3, 0.4) is 0 Å². The Balaban J connectivity index is 1.97. The van der Waals surface area contributed by atoms with Gasteiger partial charge in [0.1, 0.15) is 5.75 Å². The minimum atomic E-state index is -4.78. The summed E-state index contributed by atoms with van der Waals surface area (Å²) in [4.78, 5) is 12.2. The lowest BCUT2D eigenvalue weighted by atomic mass is 9.99. The number of piperidine rings is 1. The predicted molar refractivity (Wildman–Crippen MR) is 80.9 cm³/mol. The first-order chi connectivity index (χ1) is 11.0. The number of hydrogen-bond donors (Lipinski definition) is 1. The van der Waals surface area contributed by atoms with Gasteiger partial charge in [-0.15, -0.1) is 13.2 Å². The van der Waals surface area contributed by atoms with Crippen LogP contribution in [0.5, 0.6) is 5.75 Å². The Labute approximate surface area is 137 Å². The maximum Gasteiger partial charge on any atom is 0.573 e. The van der Waals surface area contributed by atoms with Crippen LogP contribution in [0.2, 0.25) is 0 Å². The maximum atomic E-state index is 12.2. The van der Waals surface area contributed by atoms with Crippen molar-refractivity contribution in [1.82, 2.24) is 4.31 Å². The van der Waals surface area contributed by atoms with Gasteiger partial charge >= 0.3 is 6.36 Å². The van der Waals surface area contributed by atoms with Gasteiger partial charge in [0.25, 0.3) is 0 Å². The van der Waals surface area contributed by atoms with Gasteiger partial charge in [0, 0.05) is 18.8 Å². The van der Waals surface area contributed by atoms with E-state index >= 15 is 0 Å². The smallest absolute Gasteiger partial charge is 0.406 e. The van der Waals surface area contributed by atoms with Gasteiger partial charge in [0.2, 0.25) is 15.9 Å². The zero-order valence-corrected chi connectivity index (χ0v) is 13.7. The van der Waals surface area contributed by atoms with Crippen LogP contribution >= 0.6 is 0 Å². The summed E-state index contributed by atoms with van der Waals surface area (Å²) in [5, 5.41) is 2.58. The Hall–Kier alpha value is -1.81. The fourth-order valence-corrected chi connectivity index (χ4v) is 3.35. The number of carbonyl (C=O) groups excluding carboxylic acids is 1. The molecule has 1 fully saturated rings. The van der Waals surface area contributed by atoms with E-state index in [9.17, 15) is 26.4 Å².